The first-order chi connectivity index (χ1) is 18.1. The van der Waals surface area contributed by atoms with Crippen LogP contribution in [0.3, 0.4) is 0 Å². The predicted molar refractivity (Wildman–Crippen MR) is 151 cm³/mol. The zero-order valence-electron chi connectivity index (χ0n) is 26.0. The first-order valence-corrected chi connectivity index (χ1v) is 16.1. The predicted octanol–water partition coefficient (Wildman–Crippen LogP) is 7.35. The number of carbonyl (C=O) groups is 2. The van der Waals surface area contributed by atoms with E-state index < -0.39 is 0 Å². The molecule has 1 saturated heterocycles. The zero-order valence-corrected chi connectivity index (χ0v) is 26.0. The summed E-state index contributed by atoms with van der Waals surface area (Å²) < 4.78 is 17.9. The van der Waals surface area contributed by atoms with Crippen molar-refractivity contribution in [2.45, 2.75) is 131 Å². The summed E-state index contributed by atoms with van der Waals surface area (Å²) in [6.45, 7) is 19.7. The van der Waals surface area contributed by atoms with Gasteiger partial charge in [0.2, 0.25) is 0 Å². The van der Waals surface area contributed by atoms with E-state index in [2.05, 4.69) is 41.5 Å². The van der Waals surface area contributed by atoms with Crippen LogP contribution in [0.5, 0.6) is 0 Å². The average Bonchev–Trinajstić information content (AvgIpc) is 3.46. The van der Waals surface area contributed by atoms with E-state index in [1.165, 1.54) is 51.4 Å². The Kier molecular flexibility index (Phi) is 6.26. The Morgan fingerprint density at radius 3 is 2.10 bits per heavy atom. The van der Waals surface area contributed by atoms with Gasteiger partial charge in [0.05, 0.1) is 18.8 Å². The molecule has 0 N–H and O–H groups in total. The van der Waals surface area contributed by atoms with E-state index in [1.54, 1.807) is 13.8 Å². The van der Waals surface area contributed by atoms with Gasteiger partial charge in [-0.05, 0) is 117 Å². The minimum atomic E-state index is -0.136. The van der Waals surface area contributed by atoms with Gasteiger partial charge < -0.3 is 14.2 Å². The molecule has 6 aliphatic rings. The number of carbonyl (C=O) groups excluding carboxylic acids is 2. The van der Waals surface area contributed by atoms with Gasteiger partial charge >= 0.3 is 11.9 Å². The summed E-state index contributed by atoms with van der Waals surface area (Å²) in [7, 11) is 0. The first kappa shape index (κ1) is 28.0. The molecular weight excluding hydrogens is 488 g/mol. The molecule has 0 aromatic rings. The third kappa shape index (κ3) is 3.79. The number of hydrogen-bond acceptors (Lipinski definition) is 5. The van der Waals surface area contributed by atoms with Crippen LogP contribution >= 0.6 is 0 Å². The maximum Gasteiger partial charge on any atom is 0.302 e. The van der Waals surface area contributed by atoms with Crippen LogP contribution < -0.4 is 0 Å². The fraction of sp³-hybridized carbons (Fsp3) is 0.941. The van der Waals surface area contributed by atoms with Gasteiger partial charge in [0.15, 0.2) is 0 Å². The van der Waals surface area contributed by atoms with E-state index in [4.69, 9.17) is 14.2 Å². The van der Waals surface area contributed by atoms with E-state index in [-0.39, 0.29) is 50.7 Å². The van der Waals surface area contributed by atoms with Crippen molar-refractivity contribution >= 4 is 11.9 Å². The van der Waals surface area contributed by atoms with Crippen molar-refractivity contribution in [2.75, 3.05) is 13.2 Å². The third-order valence-electron chi connectivity index (χ3n) is 14.8. The molecular formula is C34H54O5. The molecule has 0 spiro atoms. The summed E-state index contributed by atoms with van der Waals surface area (Å²) in [5.41, 5.74) is 0.966. The molecule has 5 nitrogen and oxygen atoms in total. The van der Waals surface area contributed by atoms with Crippen LogP contribution in [0, 0.1) is 56.7 Å². The minimum absolute atomic E-state index is 0.00203. The second-order valence-electron chi connectivity index (χ2n) is 16.5. The molecule has 1 aliphatic heterocycles. The maximum atomic E-state index is 12.0. The second-order valence-corrected chi connectivity index (χ2v) is 16.5. The molecule has 11 atom stereocenters. The van der Waals surface area contributed by atoms with Crippen molar-refractivity contribution in [1.82, 2.24) is 0 Å². The first-order valence-electron chi connectivity index (χ1n) is 16.1. The van der Waals surface area contributed by atoms with Gasteiger partial charge in [-0.2, -0.15) is 0 Å². The lowest BCUT2D eigenvalue weighted by molar-refractivity contribution is -0.253. The summed E-state index contributed by atoms with van der Waals surface area (Å²) in [5, 5.41) is 0. The monoisotopic (exact) mass is 542 g/mol. The zero-order chi connectivity index (χ0) is 28.2. The Morgan fingerprint density at radius 1 is 0.744 bits per heavy atom. The SMILES string of the molecule is CC(=O)OC[C@]12CC[C@@H](C3(C)CO3)[C@@H]1[C@H]1CC[C@@H]3[C@@]4(C)CC[C@H](OC(C)=O)C(C)(C)[C@@H]4CC[C@@]3(C)[C@]1(C)CC2. The van der Waals surface area contributed by atoms with Gasteiger partial charge in [-0.25, -0.2) is 0 Å². The smallest absolute Gasteiger partial charge is 0.302 e. The minimum Gasteiger partial charge on any atom is -0.465 e. The summed E-state index contributed by atoms with van der Waals surface area (Å²) in [4.78, 5) is 23.9. The van der Waals surface area contributed by atoms with Crippen molar-refractivity contribution in [1.29, 1.82) is 0 Å². The quantitative estimate of drug-likeness (QED) is 0.274. The van der Waals surface area contributed by atoms with E-state index in [0.717, 1.165) is 19.4 Å². The highest BCUT2D eigenvalue weighted by Gasteiger charge is 2.72. The molecule has 5 heteroatoms. The maximum absolute atomic E-state index is 12.0. The van der Waals surface area contributed by atoms with Crippen molar-refractivity contribution in [2.24, 2.45) is 56.7 Å². The lowest BCUT2D eigenvalue weighted by Gasteiger charge is -2.73. The normalized spacial score (nSPS) is 53.4. The Bertz CT molecular complexity index is 1030. The molecule has 0 aromatic heterocycles. The van der Waals surface area contributed by atoms with E-state index in [0.29, 0.717) is 36.2 Å². The molecule has 0 aromatic carbocycles. The van der Waals surface area contributed by atoms with Gasteiger partial charge in [0.25, 0.3) is 0 Å². The summed E-state index contributed by atoms with van der Waals surface area (Å²) in [6.07, 6.45) is 12.0. The molecule has 1 heterocycles. The van der Waals surface area contributed by atoms with E-state index in [1.807, 2.05) is 0 Å². The highest BCUT2D eigenvalue weighted by Crippen LogP contribution is 2.78. The van der Waals surface area contributed by atoms with Gasteiger partial charge in [-0.3, -0.25) is 9.59 Å². The Morgan fingerprint density at radius 2 is 1.46 bits per heavy atom. The van der Waals surface area contributed by atoms with Crippen LogP contribution in [-0.2, 0) is 23.8 Å². The lowest BCUT2D eigenvalue weighted by atomic mass is 9.32. The summed E-state index contributed by atoms with van der Waals surface area (Å²) in [5.74, 6) is 2.79. The number of rotatable bonds is 4. The number of ether oxygens (including phenoxy) is 3. The molecule has 0 radical (unpaired) electrons. The fourth-order valence-electron chi connectivity index (χ4n) is 12.6. The van der Waals surface area contributed by atoms with Crippen LogP contribution in [0.4, 0.5) is 0 Å². The Labute approximate surface area is 236 Å². The Hall–Kier alpha value is -1.10. The van der Waals surface area contributed by atoms with Crippen LogP contribution in [-0.4, -0.2) is 36.9 Å². The van der Waals surface area contributed by atoms with Crippen LogP contribution in [0.2, 0.25) is 0 Å². The molecule has 6 rings (SSSR count). The van der Waals surface area contributed by atoms with E-state index >= 15 is 0 Å². The number of hydrogen-bond donors (Lipinski definition) is 0. The summed E-state index contributed by atoms with van der Waals surface area (Å²) >= 11 is 0. The molecule has 39 heavy (non-hydrogen) atoms. The molecule has 220 valence electrons. The lowest BCUT2D eigenvalue weighted by Crippen LogP contribution is -2.67. The number of esters is 2. The van der Waals surface area contributed by atoms with Crippen molar-refractivity contribution in [3.05, 3.63) is 0 Å². The molecule has 6 fully saturated rings. The third-order valence-corrected chi connectivity index (χ3v) is 14.8. The largest absolute Gasteiger partial charge is 0.465 e. The van der Waals surface area contributed by atoms with Gasteiger partial charge in [-0.1, -0.05) is 34.6 Å². The highest BCUT2D eigenvalue weighted by atomic mass is 16.6. The van der Waals surface area contributed by atoms with Crippen molar-refractivity contribution in [3.63, 3.8) is 0 Å². The van der Waals surface area contributed by atoms with Gasteiger partial charge in [0.1, 0.15) is 6.10 Å². The Balaban J connectivity index is 1.34. The highest BCUT2D eigenvalue weighted by molar-refractivity contribution is 5.66. The van der Waals surface area contributed by atoms with Crippen LogP contribution in [0.1, 0.15) is 120 Å². The van der Waals surface area contributed by atoms with Crippen molar-refractivity contribution in [3.8, 4) is 0 Å². The summed E-state index contributed by atoms with van der Waals surface area (Å²) in [6, 6.07) is 0. The standard InChI is InChI=1S/C34H54O5/c1-21(35)37-20-34-16-11-24(33(8)19-38-33)28(34)23-9-10-26-30(5)14-13-27(39-22(2)36)29(3,4)25(30)12-15-32(26,7)31(23,6)17-18-34/h23-28H,9-20H2,1-8H3/t23-,24-,25+,26-,27+,28+,30+,31-,32-,33?,34-/m1/s1. The number of epoxide rings is 1. The van der Waals surface area contributed by atoms with Gasteiger partial charge in [-0.15, -0.1) is 0 Å². The molecule has 5 saturated carbocycles. The fourth-order valence-corrected chi connectivity index (χ4v) is 12.6. The molecule has 0 bridgehead atoms. The van der Waals surface area contributed by atoms with Crippen molar-refractivity contribution < 1.29 is 23.8 Å². The number of fused-ring (bicyclic) bond motifs is 7. The van der Waals surface area contributed by atoms with E-state index in [9.17, 15) is 9.59 Å². The topological polar surface area (TPSA) is 65.1 Å². The molecule has 5 aliphatic carbocycles. The van der Waals surface area contributed by atoms with Gasteiger partial charge in [0, 0.05) is 24.7 Å². The average molecular weight is 543 g/mol. The van der Waals surface area contributed by atoms with Crippen LogP contribution in [0.25, 0.3) is 0 Å². The molecule has 1 unspecified atom stereocenters. The second kappa shape index (κ2) is 8.71. The van der Waals surface area contributed by atoms with Crippen LogP contribution in [0.15, 0.2) is 0 Å². The molecule has 0 amide bonds.